The Kier molecular flexibility index (Phi) is 6.66. The Bertz CT molecular complexity index is 1260. The van der Waals surface area contributed by atoms with Crippen LogP contribution in [0, 0.1) is 15.9 Å². The summed E-state index contributed by atoms with van der Waals surface area (Å²) in [4.78, 5) is 46.1. The van der Waals surface area contributed by atoms with Crippen LogP contribution in [0.3, 0.4) is 0 Å². The highest BCUT2D eigenvalue weighted by molar-refractivity contribution is 6.03. The molecule has 180 valence electrons. The van der Waals surface area contributed by atoms with E-state index in [0.29, 0.717) is 24.6 Å². The molecule has 3 N–H and O–H groups in total. The number of nitrogens with one attached hydrogen (secondary N) is 2. The monoisotopic (exact) mass is 481 g/mol. The number of rotatable bonds is 6. The largest absolute Gasteiger partial charge is 0.465 e. The molecule has 0 spiro atoms. The predicted molar refractivity (Wildman–Crippen MR) is 125 cm³/mol. The van der Waals surface area contributed by atoms with Crippen LogP contribution in [0.15, 0.2) is 54.7 Å². The van der Waals surface area contributed by atoms with Crippen molar-refractivity contribution in [1.82, 2.24) is 14.9 Å². The van der Waals surface area contributed by atoms with E-state index in [4.69, 9.17) is 5.11 Å². The zero-order chi connectivity index (χ0) is 24.9. The topological polar surface area (TPSA) is 154 Å². The molecule has 0 saturated carbocycles. The van der Waals surface area contributed by atoms with Gasteiger partial charge in [0.25, 0.3) is 5.91 Å². The smallest absolute Gasteiger partial charge is 0.407 e. The highest BCUT2D eigenvalue weighted by Crippen LogP contribution is 2.29. The summed E-state index contributed by atoms with van der Waals surface area (Å²) in [6, 6.07) is 10.9. The third kappa shape index (κ3) is 5.58. The van der Waals surface area contributed by atoms with Gasteiger partial charge in [0.2, 0.25) is 5.82 Å². The first kappa shape index (κ1) is 23.4. The molecule has 0 unspecified atom stereocenters. The number of piperazine rings is 1. The SMILES string of the molecule is O=C(Nc1cc(Nc2nc(N3CCN(C(=O)O)CC3)ccc2[N+](=O)[O-])ccn1)c1ccc(F)cc1. The van der Waals surface area contributed by atoms with Crippen molar-refractivity contribution in [3.63, 3.8) is 0 Å². The van der Waals surface area contributed by atoms with Gasteiger partial charge in [-0.25, -0.2) is 19.2 Å². The Hall–Kier alpha value is -4.81. The summed E-state index contributed by atoms with van der Waals surface area (Å²) in [5.74, 6) is -0.350. The van der Waals surface area contributed by atoms with Crippen LogP contribution in [0.2, 0.25) is 0 Å². The van der Waals surface area contributed by atoms with Gasteiger partial charge in [-0.05, 0) is 36.4 Å². The van der Waals surface area contributed by atoms with E-state index >= 15 is 0 Å². The van der Waals surface area contributed by atoms with Crippen molar-refractivity contribution in [2.24, 2.45) is 0 Å². The van der Waals surface area contributed by atoms with Crippen molar-refractivity contribution in [2.45, 2.75) is 0 Å². The molecule has 0 atom stereocenters. The number of benzene rings is 1. The number of anilines is 4. The van der Waals surface area contributed by atoms with E-state index in [-0.39, 0.29) is 36.0 Å². The number of hydrogen-bond acceptors (Lipinski definition) is 8. The van der Waals surface area contributed by atoms with Crippen LogP contribution in [0.5, 0.6) is 0 Å². The molecule has 4 rings (SSSR count). The summed E-state index contributed by atoms with van der Waals surface area (Å²) >= 11 is 0. The second kappa shape index (κ2) is 9.99. The van der Waals surface area contributed by atoms with Crippen LogP contribution < -0.4 is 15.5 Å². The van der Waals surface area contributed by atoms with Gasteiger partial charge in [-0.3, -0.25) is 14.9 Å². The van der Waals surface area contributed by atoms with Crippen LogP contribution in [0.1, 0.15) is 10.4 Å². The number of carboxylic acid groups (broad SMARTS) is 1. The summed E-state index contributed by atoms with van der Waals surface area (Å²) in [5, 5.41) is 26.2. The van der Waals surface area contributed by atoms with E-state index in [0.717, 1.165) is 0 Å². The van der Waals surface area contributed by atoms with Gasteiger partial charge < -0.3 is 25.5 Å². The lowest BCUT2D eigenvalue weighted by Gasteiger charge is -2.33. The van der Waals surface area contributed by atoms with Crippen molar-refractivity contribution in [1.29, 1.82) is 0 Å². The standard InChI is InChI=1S/C22H20FN7O5/c23-15-3-1-14(2-4-15)21(31)26-18-13-16(7-8-24-18)25-20-17(30(34)35)5-6-19(27-20)28-9-11-29(12-10-28)22(32)33/h1-8,13H,9-12H2,(H,32,33)(H2,24,25,26,27,31). The molecular weight excluding hydrogens is 461 g/mol. The van der Waals surface area contributed by atoms with Crippen molar-refractivity contribution < 1.29 is 24.0 Å². The molecule has 2 amide bonds. The Labute approximate surface area is 198 Å². The zero-order valence-corrected chi connectivity index (χ0v) is 18.2. The van der Waals surface area contributed by atoms with E-state index in [1.807, 2.05) is 4.90 Å². The third-order valence-corrected chi connectivity index (χ3v) is 5.30. The van der Waals surface area contributed by atoms with Crippen molar-refractivity contribution in [3.05, 3.63) is 76.2 Å². The van der Waals surface area contributed by atoms with Crippen LogP contribution in [-0.2, 0) is 0 Å². The predicted octanol–water partition coefficient (Wildman–Crippen LogP) is 3.32. The average Bonchev–Trinajstić information content (AvgIpc) is 2.84. The van der Waals surface area contributed by atoms with Gasteiger partial charge in [0.15, 0.2) is 0 Å². The first-order valence-corrected chi connectivity index (χ1v) is 10.5. The number of nitro groups is 1. The number of amides is 2. The quantitative estimate of drug-likeness (QED) is 0.355. The Balaban J connectivity index is 1.52. The third-order valence-electron chi connectivity index (χ3n) is 5.30. The van der Waals surface area contributed by atoms with Gasteiger partial charge in [0.1, 0.15) is 17.5 Å². The number of pyridine rings is 2. The fourth-order valence-corrected chi connectivity index (χ4v) is 3.49. The number of halogens is 1. The van der Waals surface area contributed by atoms with E-state index in [9.17, 15) is 24.1 Å². The minimum atomic E-state index is -0.997. The Morgan fingerprint density at radius 3 is 2.43 bits per heavy atom. The lowest BCUT2D eigenvalue weighted by atomic mass is 10.2. The molecule has 1 saturated heterocycles. The molecule has 1 fully saturated rings. The van der Waals surface area contributed by atoms with Gasteiger partial charge in [0, 0.05) is 55.8 Å². The second-order valence-electron chi connectivity index (χ2n) is 7.57. The molecule has 1 aliphatic rings. The fourth-order valence-electron chi connectivity index (χ4n) is 3.49. The number of carbonyl (C=O) groups excluding carboxylic acids is 1. The maximum atomic E-state index is 13.1. The number of hydrogen-bond donors (Lipinski definition) is 3. The molecule has 1 aliphatic heterocycles. The van der Waals surface area contributed by atoms with Crippen LogP contribution >= 0.6 is 0 Å². The normalized spacial score (nSPS) is 13.3. The molecule has 0 bridgehead atoms. The van der Waals surface area contributed by atoms with Crippen molar-refractivity contribution >= 4 is 40.8 Å². The molecule has 3 heterocycles. The average molecular weight is 481 g/mol. The lowest BCUT2D eigenvalue weighted by Crippen LogP contribution is -2.48. The summed E-state index contributed by atoms with van der Waals surface area (Å²) in [6.07, 6.45) is 0.410. The zero-order valence-electron chi connectivity index (χ0n) is 18.2. The van der Waals surface area contributed by atoms with E-state index in [1.54, 1.807) is 6.07 Å². The fraction of sp³-hybridized carbons (Fsp3) is 0.182. The summed E-state index contributed by atoms with van der Waals surface area (Å²) in [5.41, 5.74) is 0.365. The highest BCUT2D eigenvalue weighted by Gasteiger charge is 2.24. The number of carbonyl (C=O) groups is 2. The Morgan fingerprint density at radius 2 is 1.77 bits per heavy atom. The highest BCUT2D eigenvalue weighted by atomic mass is 19.1. The number of aromatic nitrogens is 2. The molecule has 12 nitrogen and oxygen atoms in total. The Morgan fingerprint density at radius 1 is 1.06 bits per heavy atom. The van der Waals surface area contributed by atoms with Gasteiger partial charge in [0.05, 0.1) is 4.92 Å². The van der Waals surface area contributed by atoms with Gasteiger partial charge >= 0.3 is 11.8 Å². The minimum Gasteiger partial charge on any atom is -0.465 e. The molecule has 3 aromatic rings. The first-order valence-electron chi connectivity index (χ1n) is 10.5. The maximum absolute atomic E-state index is 13.1. The van der Waals surface area contributed by atoms with Gasteiger partial charge in [-0.15, -0.1) is 0 Å². The summed E-state index contributed by atoms with van der Waals surface area (Å²) in [7, 11) is 0. The van der Waals surface area contributed by atoms with E-state index < -0.39 is 22.7 Å². The molecule has 2 aromatic heterocycles. The summed E-state index contributed by atoms with van der Waals surface area (Å²) < 4.78 is 13.1. The molecule has 35 heavy (non-hydrogen) atoms. The first-order chi connectivity index (χ1) is 16.8. The molecular formula is C22H20FN7O5. The van der Waals surface area contributed by atoms with Crippen LogP contribution in [0.25, 0.3) is 0 Å². The van der Waals surface area contributed by atoms with E-state index in [1.165, 1.54) is 53.6 Å². The second-order valence-corrected chi connectivity index (χ2v) is 7.57. The molecule has 0 radical (unpaired) electrons. The van der Waals surface area contributed by atoms with Crippen LogP contribution in [0.4, 0.5) is 38.0 Å². The molecule has 0 aliphatic carbocycles. The lowest BCUT2D eigenvalue weighted by molar-refractivity contribution is -0.384. The molecule has 1 aromatic carbocycles. The molecule has 13 heteroatoms. The minimum absolute atomic E-state index is 0.0184. The summed E-state index contributed by atoms with van der Waals surface area (Å²) in [6.45, 7) is 1.37. The van der Waals surface area contributed by atoms with Crippen molar-refractivity contribution in [3.8, 4) is 0 Å². The van der Waals surface area contributed by atoms with Gasteiger partial charge in [-0.2, -0.15) is 0 Å². The van der Waals surface area contributed by atoms with E-state index in [2.05, 4.69) is 20.6 Å². The maximum Gasteiger partial charge on any atom is 0.407 e. The van der Waals surface area contributed by atoms with Gasteiger partial charge in [-0.1, -0.05) is 0 Å². The van der Waals surface area contributed by atoms with Crippen LogP contribution in [-0.4, -0.2) is 63.1 Å². The van der Waals surface area contributed by atoms with Crippen molar-refractivity contribution in [2.75, 3.05) is 41.7 Å². The number of nitrogens with zero attached hydrogens (tertiary/aromatic N) is 5.